The molecule has 20 heavy (non-hydrogen) atoms. The lowest BCUT2D eigenvalue weighted by atomic mass is 9.97. The third-order valence-corrected chi connectivity index (χ3v) is 3.38. The maximum absolute atomic E-state index is 12.2. The zero-order valence-corrected chi connectivity index (χ0v) is 11.5. The fraction of sp³-hybridized carbons (Fsp3) is 0.250. The SMILES string of the molecule is Cc1ccnc(N)c1C(=O)CCC(N)c1ccccc1. The molecular weight excluding hydrogens is 250 g/mol. The van der Waals surface area contributed by atoms with E-state index in [0.717, 1.165) is 11.1 Å². The number of carbonyl (C=O) groups excluding carboxylic acids is 1. The summed E-state index contributed by atoms with van der Waals surface area (Å²) in [6, 6.07) is 11.4. The van der Waals surface area contributed by atoms with Gasteiger partial charge in [0, 0.05) is 18.7 Å². The molecule has 0 saturated carbocycles. The molecule has 4 nitrogen and oxygen atoms in total. The maximum atomic E-state index is 12.2. The van der Waals surface area contributed by atoms with E-state index < -0.39 is 0 Å². The van der Waals surface area contributed by atoms with Crippen LogP contribution in [-0.4, -0.2) is 10.8 Å². The Morgan fingerprint density at radius 1 is 1.25 bits per heavy atom. The quantitative estimate of drug-likeness (QED) is 0.817. The van der Waals surface area contributed by atoms with Crippen LogP contribution in [0, 0.1) is 6.92 Å². The van der Waals surface area contributed by atoms with Crippen LogP contribution in [0.4, 0.5) is 5.82 Å². The topological polar surface area (TPSA) is 82.0 Å². The second-order valence-electron chi connectivity index (χ2n) is 4.87. The molecule has 2 aromatic rings. The van der Waals surface area contributed by atoms with Crippen molar-refractivity contribution in [2.24, 2.45) is 5.73 Å². The highest BCUT2D eigenvalue weighted by molar-refractivity contribution is 6.01. The Morgan fingerprint density at radius 3 is 2.60 bits per heavy atom. The van der Waals surface area contributed by atoms with Crippen LogP contribution in [0.1, 0.15) is 40.4 Å². The summed E-state index contributed by atoms with van der Waals surface area (Å²) >= 11 is 0. The number of hydrogen-bond donors (Lipinski definition) is 2. The van der Waals surface area contributed by atoms with Gasteiger partial charge in [-0.05, 0) is 30.5 Å². The van der Waals surface area contributed by atoms with Gasteiger partial charge in [0.1, 0.15) is 5.82 Å². The van der Waals surface area contributed by atoms with Crippen molar-refractivity contribution in [3.8, 4) is 0 Å². The summed E-state index contributed by atoms with van der Waals surface area (Å²) in [6.07, 6.45) is 2.57. The number of nitrogens with two attached hydrogens (primary N) is 2. The van der Waals surface area contributed by atoms with E-state index in [-0.39, 0.29) is 11.8 Å². The van der Waals surface area contributed by atoms with Crippen molar-refractivity contribution in [3.05, 3.63) is 59.3 Å². The minimum Gasteiger partial charge on any atom is -0.383 e. The monoisotopic (exact) mass is 269 g/mol. The molecule has 4 heteroatoms. The first kappa shape index (κ1) is 14.2. The first-order chi connectivity index (χ1) is 9.59. The number of Topliss-reactive ketones (excluding diaryl/α,β-unsaturated/α-hetero) is 1. The van der Waals surface area contributed by atoms with Crippen LogP contribution in [0.5, 0.6) is 0 Å². The third kappa shape index (κ3) is 3.22. The summed E-state index contributed by atoms with van der Waals surface area (Å²) in [7, 11) is 0. The molecular formula is C16H19N3O. The largest absolute Gasteiger partial charge is 0.383 e. The molecule has 1 aromatic heterocycles. The molecule has 0 amide bonds. The molecule has 1 heterocycles. The smallest absolute Gasteiger partial charge is 0.166 e. The van der Waals surface area contributed by atoms with Crippen LogP contribution in [0.25, 0.3) is 0 Å². The number of ketones is 1. The average Bonchev–Trinajstić information content (AvgIpc) is 2.45. The van der Waals surface area contributed by atoms with Gasteiger partial charge in [0.15, 0.2) is 5.78 Å². The lowest BCUT2D eigenvalue weighted by Crippen LogP contribution is -2.14. The van der Waals surface area contributed by atoms with Crippen molar-refractivity contribution in [1.82, 2.24) is 4.98 Å². The summed E-state index contributed by atoms with van der Waals surface area (Å²) in [5.41, 5.74) is 14.3. The predicted molar refractivity (Wildman–Crippen MR) is 80.3 cm³/mol. The number of aryl methyl sites for hydroxylation is 1. The van der Waals surface area contributed by atoms with Crippen LogP contribution >= 0.6 is 0 Å². The molecule has 0 bridgehead atoms. The Kier molecular flexibility index (Phi) is 4.48. The predicted octanol–water partition coefficient (Wildman–Crippen LogP) is 2.64. The van der Waals surface area contributed by atoms with E-state index in [1.54, 1.807) is 12.3 Å². The van der Waals surface area contributed by atoms with Gasteiger partial charge in [0.2, 0.25) is 0 Å². The summed E-state index contributed by atoms with van der Waals surface area (Å²) in [6.45, 7) is 1.86. The van der Waals surface area contributed by atoms with Crippen molar-refractivity contribution in [2.45, 2.75) is 25.8 Å². The van der Waals surface area contributed by atoms with Crippen molar-refractivity contribution < 1.29 is 4.79 Å². The molecule has 1 atom stereocenters. The molecule has 1 unspecified atom stereocenters. The molecule has 0 radical (unpaired) electrons. The number of nitrogens with zero attached hydrogens (tertiary/aromatic N) is 1. The molecule has 0 spiro atoms. The maximum Gasteiger partial charge on any atom is 0.166 e. The number of benzene rings is 1. The normalized spacial score (nSPS) is 12.1. The van der Waals surface area contributed by atoms with E-state index in [1.165, 1.54) is 0 Å². The van der Waals surface area contributed by atoms with Gasteiger partial charge in [-0.2, -0.15) is 0 Å². The molecule has 0 aliphatic carbocycles. The highest BCUT2D eigenvalue weighted by atomic mass is 16.1. The van der Waals surface area contributed by atoms with Gasteiger partial charge in [-0.1, -0.05) is 30.3 Å². The molecule has 0 aliphatic rings. The number of carbonyl (C=O) groups is 1. The fourth-order valence-electron chi connectivity index (χ4n) is 2.22. The Bertz CT molecular complexity index is 576. The number of aromatic nitrogens is 1. The number of hydrogen-bond acceptors (Lipinski definition) is 4. The highest BCUT2D eigenvalue weighted by Gasteiger charge is 2.15. The Labute approximate surface area is 118 Å². The second kappa shape index (κ2) is 6.30. The first-order valence-electron chi connectivity index (χ1n) is 6.64. The van der Waals surface area contributed by atoms with E-state index in [2.05, 4.69) is 4.98 Å². The Morgan fingerprint density at radius 2 is 1.95 bits per heavy atom. The van der Waals surface area contributed by atoms with Crippen molar-refractivity contribution in [2.75, 3.05) is 5.73 Å². The van der Waals surface area contributed by atoms with Crippen LogP contribution in [0.2, 0.25) is 0 Å². The van der Waals surface area contributed by atoms with E-state index in [9.17, 15) is 4.79 Å². The van der Waals surface area contributed by atoms with E-state index in [0.29, 0.717) is 24.2 Å². The fourth-order valence-corrected chi connectivity index (χ4v) is 2.22. The molecule has 104 valence electrons. The number of pyridine rings is 1. The van der Waals surface area contributed by atoms with Gasteiger partial charge in [-0.15, -0.1) is 0 Å². The van der Waals surface area contributed by atoms with Gasteiger partial charge in [0.05, 0.1) is 5.56 Å². The summed E-state index contributed by atoms with van der Waals surface area (Å²) < 4.78 is 0. The molecule has 0 saturated heterocycles. The third-order valence-electron chi connectivity index (χ3n) is 3.38. The minimum absolute atomic E-state index is 0.000480. The number of anilines is 1. The minimum atomic E-state index is -0.140. The highest BCUT2D eigenvalue weighted by Crippen LogP contribution is 2.20. The first-order valence-corrected chi connectivity index (χ1v) is 6.64. The van der Waals surface area contributed by atoms with E-state index in [4.69, 9.17) is 11.5 Å². The van der Waals surface area contributed by atoms with Crippen LogP contribution < -0.4 is 11.5 Å². The van der Waals surface area contributed by atoms with Gasteiger partial charge in [-0.25, -0.2) is 4.98 Å². The Balaban J connectivity index is 2.03. The Hall–Kier alpha value is -2.20. The number of nitrogen functional groups attached to an aromatic ring is 1. The van der Waals surface area contributed by atoms with Gasteiger partial charge < -0.3 is 11.5 Å². The van der Waals surface area contributed by atoms with E-state index in [1.807, 2.05) is 37.3 Å². The average molecular weight is 269 g/mol. The van der Waals surface area contributed by atoms with Crippen molar-refractivity contribution >= 4 is 11.6 Å². The summed E-state index contributed by atoms with van der Waals surface area (Å²) in [4.78, 5) is 16.2. The van der Waals surface area contributed by atoms with Crippen LogP contribution in [0.15, 0.2) is 42.6 Å². The molecule has 1 aromatic carbocycles. The van der Waals surface area contributed by atoms with Crippen molar-refractivity contribution in [1.29, 1.82) is 0 Å². The molecule has 4 N–H and O–H groups in total. The van der Waals surface area contributed by atoms with Crippen LogP contribution in [-0.2, 0) is 0 Å². The van der Waals surface area contributed by atoms with Gasteiger partial charge in [0.25, 0.3) is 0 Å². The summed E-state index contributed by atoms with van der Waals surface area (Å²) in [5.74, 6) is 0.294. The lowest BCUT2D eigenvalue weighted by molar-refractivity contribution is 0.0977. The zero-order chi connectivity index (χ0) is 14.5. The van der Waals surface area contributed by atoms with Crippen molar-refractivity contribution in [3.63, 3.8) is 0 Å². The van der Waals surface area contributed by atoms with Gasteiger partial charge in [-0.3, -0.25) is 4.79 Å². The zero-order valence-electron chi connectivity index (χ0n) is 11.5. The van der Waals surface area contributed by atoms with E-state index >= 15 is 0 Å². The number of rotatable bonds is 5. The molecule has 0 aliphatic heterocycles. The van der Waals surface area contributed by atoms with Gasteiger partial charge >= 0.3 is 0 Å². The molecule has 2 rings (SSSR count). The molecule has 0 fully saturated rings. The summed E-state index contributed by atoms with van der Waals surface area (Å²) in [5, 5.41) is 0. The second-order valence-corrected chi connectivity index (χ2v) is 4.87. The standard InChI is InChI=1S/C16H19N3O/c1-11-9-10-19-16(18)15(11)14(20)8-7-13(17)12-5-3-2-4-6-12/h2-6,9-10,13H,7-8,17H2,1H3,(H2,18,19). The lowest BCUT2D eigenvalue weighted by Gasteiger charge is -2.12. The van der Waals surface area contributed by atoms with Crippen LogP contribution in [0.3, 0.4) is 0 Å².